The second kappa shape index (κ2) is 6.80. The van der Waals surface area contributed by atoms with Crippen LogP contribution in [0.25, 0.3) is 0 Å². The van der Waals surface area contributed by atoms with Crippen LogP contribution in [0.1, 0.15) is 55.8 Å². The van der Waals surface area contributed by atoms with Gasteiger partial charge in [-0.25, -0.2) is 0 Å². The molecule has 2 aliphatic carbocycles. The SMILES string of the molecule is COc1ccc2c(c1)C(O)C(OCC1CCCCC1)CC2. The van der Waals surface area contributed by atoms with Crippen LogP contribution in [0.15, 0.2) is 18.2 Å². The highest BCUT2D eigenvalue weighted by Crippen LogP contribution is 2.35. The zero-order chi connectivity index (χ0) is 14.7. The number of hydrogen-bond acceptors (Lipinski definition) is 3. The minimum atomic E-state index is -0.521. The number of fused-ring (bicyclic) bond motifs is 1. The molecule has 0 radical (unpaired) electrons. The van der Waals surface area contributed by atoms with Crippen LogP contribution in [-0.2, 0) is 11.2 Å². The van der Waals surface area contributed by atoms with Crippen LogP contribution < -0.4 is 4.74 Å². The highest BCUT2D eigenvalue weighted by atomic mass is 16.5. The molecule has 1 saturated carbocycles. The lowest BCUT2D eigenvalue weighted by molar-refractivity contribution is -0.0630. The third kappa shape index (κ3) is 3.41. The van der Waals surface area contributed by atoms with Crippen molar-refractivity contribution < 1.29 is 14.6 Å². The van der Waals surface area contributed by atoms with Gasteiger partial charge < -0.3 is 14.6 Å². The number of aliphatic hydroxyl groups excluding tert-OH is 1. The largest absolute Gasteiger partial charge is 0.497 e. The summed E-state index contributed by atoms with van der Waals surface area (Å²) in [6, 6.07) is 5.99. The molecular weight excluding hydrogens is 264 g/mol. The quantitative estimate of drug-likeness (QED) is 0.920. The van der Waals surface area contributed by atoms with Gasteiger partial charge in [-0.15, -0.1) is 0 Å². The molecule has 1 fully saturated rings. The van der Waals surface area contributed by atoms with E-state index in [-0.39, 0.29) is 6.10 Å². The second-order valence-corrected chi connectivity index (χ2v) is 6.42. The lowest BCUT2D eigenvalue weighted by Crippen LogP contribution is -2.30. The minimum absolute atomic E-state index is 0.0634. The number of aryl methyl sites for hydroxylation is 1. The summed E-state index contributed by atoms with van der Waals surface area (Å²) in [5.74, 6) is 1.50. The maximum Gasteiger partial charge on any atom is 0.119 e. The van der Waals surface area contributed by atoms with Gasteiger partial charge in [0.2, 0.25) is 0 Å². The van der Waals surface area contributed by atoms with E-state index in [1.54, 1.807) is 7.11 Å². The van der Waals surface area contributed by atoms with Gasteiger partial charge in [0.1, 0.15) is 11.9 Å². The van der Waals surface area contributed by atoms with Crippen molar-refractivity contribution >= 4 is 0 Å². The molecule has 0 bridgehead atoms. The van der Waals surface area contributed by atoms with Crippen LogP contribution in [0.4, 0.5) is 0 Å². The summed E-state index contributed by atoms with van der Waals surface area (Å²) in [4.78, 5) is 0. The van der Waals surface area contributed by atoms with Crippen molar-refractivity contribution in [2.75, 3.05) is 13.7 Å². The Morgan fingerprint density at radius 1 is 1.14 bits per heavy atom. The highest BCUT2D eigenvalue weighted by Gasteiger charge is 2.29. The van der Waals surface area contributed by atoms with Crippen molar-refractivity contribution in [1.29, 1.82) is 0 Å². The highest BCUT2D eigenvalue weighted by molar-refractivity contribution is 5.39. The fourth-order valence-electron chi connectivity index (χ4n) is 3.65. The molecule has 3 heteroatoms. The number of methoxy groups -OCH3 is 1. The van der Waals surface area contributed by atoms with Crippen LogP contribution in [-0.4, -0.2) is 24.9 Å². The number of ether oxygens (including phenoxy) is 2. The van der Waals surface area contributed by atoms with Crippen molar-refractivity contribution in [2.45, 2.75) is 57.2 Å². The predicted molar refractivity (Wildman–Crippen MR) is 82.6 cm³/mol. The van der Waals surface area contributed by atoms with E-state index in [4.69, 9.17) is 9.47 Å². The first-order valence-corrected chi connectivity index (χ1v) is 8.24. The molecule has 0 amide bonds. The molecule has 2 aliphatic rings. The van der Waals surface area contributed by atoms with E-state index in [2.05, 4.69) is 6.07 Å². The van der Waals surface area contributed by atoms with Gasteiger partial charge in [-0.3, -0.25) is 0 Å². The summed E-state index contributed by atoms with van der Waals surface area (Å²) in [6.07, 6.45) is 7.91. The Morgan fingerprint density at radius 2 is 1.95 bits per heavy atom. The molecule has 116 valence electrons. The molecular formula is C18H26O3. The third-order valence-electron chi connectivity index (χ3n) is 4.99. The summed E-state index contributed by atoms with van der Waals surface area (Å²) in [7, 11) is 1.66. The van der Waals surface area contributed by atoms with Gasteiger partial charge >= 0.3 is 0 Å². The summed E-state index contributed by atoms with van der Waals surface area (Å²) < 4.78 is 11.3. The van der Waals surface area contributed by atoms with E-state index in [1.165, 1.54) is 37.7 Å². The normalized spacial score (nSPS) is 26.4. The minimum Gasteiger partial charge on any atom is -0.497 e. The number of rotatable bonds is 4. The van der Waals surface area contributed by atoms with Gasteiger partial charge in [-0.05, 0) is 54.9 Å². The van der Waals surface area contributed by atoms with Crippen LogP contribution in [0.3, 0.4) is 0 Å². The van der Waals surface area contributed by atoms with E-state index in [1.807, 2.05) is 12.1 Å². The van der Waals surface area contributed by atoms with Crippen molar-refractivity contribution in [1.82, 2.24) is 0 Å². The summed E-state index contributed by atoms with van der Waals surface area (Å²) in [5, 5.41) is 10.6. The third-order valence-corrected chi connectivity index (χ3v) is 4.99. The molecule has 0 saturated heterocycles. The molecule has 0 aliphatic heterocycles. The van der Waals surface area contributed by atoms with E-state index >= 15 is 0 Å². The van der Waals surface area contributed by atoms with Gasteiger partial charge in [-0.2, -0.15) is 0 Å². The summed E-state index contributed by atoms with van der Waals surface area (Å²) >= 11 is 0. The Balaban J connectivity index is 1.62. The van der Waals surface area contributed by atoms with Crippen molar-refractivity contribution in [3.05, 3.63) is 29.3 Å². The zero-order valence-corrected chi connectivity index (χ0v) is 12.9. The standard InChI is InChI=1S/C18H26O3/c1-20-15-9-7-14-8-10-17(18(19)16(14)11-15)21-12-13-5-3-2-4-6-13/h7,9,11,13,17-19H,2-6,8,10,12H2,1H3. The van der Waals surface area contributed by atoms with Gasteiger partial charge in [0.15, 0.2) is 0 Å². The van der Waals surface area contributed by atoms with Crippen LogP contribution in [0.2, 0.25) is 0 Å². The van der Waals surface area contributed by atoms with E-state index < -0.39 is 6.10 Å². The Bertz CT molecular complexity index is 466. The Hall–Kier alpha value is -1.06. The van der Waals surface area contributed by atoms with Gasteiger partial charge in [0.25, 0.3) is 0 Å². The predicted octanol–water partition coefficient (Wildman–Crippen LogP) is 3.64. The molecule has 0 heterocycles. The average molecular weight is 290 g/mol. The second-order valence-electron chi connectivity index (χ2n) is 6.42. The Kier molecular flexibility index (Phi) is 4.81. The van der Waals surface area contributed by atoms with E-state index in [0.717, 1.165) is 30.8 Å². The van der Waals surface area contributed by atoms with Crippen LogP contribution >= 0.6 is 0 Å². The zero-order valence-electron chi connectivity index (χ0n) is 12.9. The maximum atomic E-state index is 10.6. The summed E-state index contributed by atoms with van der Waals surface area (Å²) in [5.41, 5.74) is 2.20. The van der Waals surface area contributed by atoms with Crippen LogP contribution in [0, 0.1) is 5.92 Å². The van der Waals surface area contributed by atoms with Crippen molar-refractivity contribution in [2.24, 2.45) is 5.92 Å². The molecule has 3 rings (SSSR count). The monoisotopic (exact) mass is 290 g/mol. The molecule has 3 nitrogen and oxygen atoms in total. The molecule has 1 aromatic carbocycles. The molecule has 1 N–H and O–H groups in total. The first-order valence-electron chi connectivity index (χ1n) is 8.24. The maximum absolute atomic E-state index is 10.6. The molecule has 1 aromatic rings. The molecule has 0 aromatic heterocycles. The first-order chi connectivity index (χ1) is 10.3. The number of hydrogen-bond donors (Lipinski definition) is 1. The lowest BCUT2D eigenvalue weighted by Gasteiger charge is -2.32. The smallest absolute Gasteiger partial charge is 0.119 e. The lowest BCUT2D eigenvalue weighted by atomic mass is 9.86. The number of benzene rings is 1. The topological polar surface area (TPSA) is 38.7 Å². The Morgan fingerprint density at radius 3 is 2.71 bits per heavy atom. The first kappa shape index (κ1) is 14.9. The van der Waals surface area contributed by atoms with E-state index in [0.29, 0.717) is 5.92 Å². The van der Waals surface area contributed by atoms with Gasteiger partial charge in [0, 0.05) is 6.61 Å². The van der Waals surface area contributed by atoms with Crippen LogP contribution in [0.5, 0.6) is 5.75 Å². The van der Waals surface area contributed by atoms with Gasteiger partial charge in [-0.1, -0.05) is 25.3 Å². The molecule has 0 spiro atoms. The fraction of sp³-hybridized carbons (Fsp3) is 0.667. The molecule has 21 heavy (non-hydrogen) atoms. The summed E-state index contributed by atoms with van der Waals surface area (Å²) in [6.45, 7) is 0.807. The van der Waals surface area contributed by atoms with Gasteiger partial charge in [0.05, 0.1) is 13.2 Å². The Labute approximate surface area is 127 Å². The molecule has 2 atom stereocenters. The van der Waals surface area contributed by atoms with Crippen molar-refractivity contribution in [3.8, 4) is 5.75 Å². The fourth-order valence-corrected chi connectivity index (χ4v) is 3.65. The van der Waals surface area contributed by atoms with Crippen molar-refractivity contribution in [3.63, 3.8) is 0 Å². The number of aliphatic hydroxyl groups is 1. The average Bonchev–Trinajstić information content (AvgIpc) is 2.55. The van der Waals surface area contributed by atoms with E-state index in [9.17, 15) is 5.11 Å². The molecule has 2 unspecified atom stereocenters.